The fraction of sp³-hybridized carbons (Fsp3) is 0.440. The van der Waals surface area contributed by atoms with Gasteiger partial charge in [0.2, 0.25) is 0 Å². The molecule has 0 saturated carbocycles. The van der Waals surface area contributed by atoms with E-state index >= 15 is 0 Å². The van der Waals surface area contributed by atoms with E-state index in [2.05, 4.69) is 4.90 Å². The standard InChI is InChI=1S/C25H32N2O4/c1-5-25(26(2)3,18-19-6-8-21(9-7-19)24(29)30-4)23(28)20-10-12-22(13-11-20)27-14-16-31-17-15-27/h6-13H,5,14-18H2,1-4H3. The van der Waals surface area contributed by atoms with E-state index in [9.17, 15) is 9.59 Å². The summed E-state index contributed by atoms with van der Waals surface area (Å²) in [6.45, 7) is 5.24. The summed E-state index contributed by atoms with van der Waals surface area (Å²) in [5.74, 6) is -0.261. The molecule has 1 saturated heterocycles. The molecule has 1 unspecified atom stereocenters. The molecule has 6 heteroatoms. The number of rotatable bonds is 8. The van der Waals surface area contributed by atoms with Crippen LogP contribution in [0.3, 0.4) is 0 Å². The van der Waals surface area contributed by atoms with Gasteiger partial charge in [0.25, 0.3) is 0 Å². The minimum Gasteiger partial charge on any atom is -0.465 e. The SMILES string of the molecule is CCC(Cc1ccc(C(=O)OC)cc1)(C(=O)c1ccc(N2CCOCC2)cc1)N(C)C. The number of ether oxygens (including phenoxy) is 2. The molecule has 0 bridgehead atoms. The van der Waals surface area contributed by atoms with Crippen LogP contribution in [0, 0.1) is 0 Å². The first-order valence-electron chi connectivity index (χ1n) is 10.7. The third-order valence-electron chi connectivity index (χ3n) is 6.24. The number of hydrogen-bond donors (Lipinski definition) is 0. The summed E-state index contributed by atoms with van der Waals surface area (Å²) in [4.78, 5) is 29.7. The van der Waals surface area contributed by atoms with Gasteiger partial charge in [-0.1, -0.05) is 19.1 Å². The van der Waals surface area contributed by atoms with Crippen LogP contribution in [-0.2, 0) is 15.9 Å². The predicted octanol–water partition coefficient (Wildman–Crippen LogP) is 3.45. The Morgan fingerprint density at radius 2 is 1.58 bits per heavy atom. The smallest absolute Gasteiger partial charge is 0.337 e. The van der Waals surface area contributed by atoms with Gasteiger partial charge in [-0.2, -0.15) is 0 Å². The molecule has 2 aromatic carbocycles. The molecule has 1 fully saturated rings. The minimum atomic E-state index is -0.673. The Labute approximate surface area is 184 Å². The number of carbonyl (C=O) groups excluding carboxylic acids is 2. The van der Waals surface area contributed by atoms with Gasteiger partial charge in [-0.25, -0.2) is 4.79 Å². The predicted molar refractivity (Wildman–Crippen MR) is 122 cm³/mol. The quantitative estimate of drug-likeness (QED) is 0.478. The molecular formula is C25H32N2O4. The van der Waals surface area contributed by atoms with Crippen LogP contribution in [0.15, 0.2) is 48.5 Å². The highest BCUT2D eigenvalue weighted by atomic mass is 16.5. The summed E-state index contributed by atoms with van der Waals surface area (Å²) in [5, 5.41) is 0. The van der Waals surface area contributed by atoms with Crippen molar-refractivity contribution in [1.29, 1.82) is 0 Å². The summed E-state index contributed by atoms with van der Waals surface area (Å²) in [5.41, 5.74) is 2.65. The number of benzene rings is 2. The molecule has 0 spiro atoms. The monoisotopic (exact) mass is 424 g/mol. The molecule has 166 valence electrons. The molecule has 0 aliphatic carbocycles. The van der Waals surface area contributed by atoms with Crippen molar-refractivity contribution in [2.45, 2.75) is 25.3 Å². The van der Waals surface area contributed by atoms with Gasteiger partial charge in [0, 0.05) is 24.3 Å². The summed E-state index contributed by atoms with van der Waals surface area (Å²) in [7, 11) is 5.27. The first-order valence-corrected chi connectivity index (χ1v) is 10.7. The average Bonchev–Trinajstić information content (AvgIpc) is 2.82. The summed E-state index contributed by atoms with van der Waals surface area (Å²) < 4.78 is 10.2. The van der Waals surface area contributed by atoms with Gasteiger partial charge in [0.1, 0.15) is 0 Å². The van der Waals surface area contributed by atoms with Gasteiger partial charge < -0.3 is 14.4 Å². The summed E-state index contributed by atoms with van der Waals surface area (Å²) in [6, 6.07) is 15.2. The number of esters is 1. The van der Waals surface area contributed by atoms with Crippen LogP contribution in [-0.4, -0.2) is 69.7 Å². The molecule has 0 N–H and O–H groups in total. The molecule has 1 aliphatic heterocycles. The van der Waals surface area contributed by atoms with E-state index in [1.54, 1.807) is 12.1 Å². The molecule has 1 heterocycles. The number of Topliss-reactive ketones (excluding diaryl/α,β-unsaturated/α-hetero) is 1. The highest BCUT2D eigenvalue weighted by Crippen LogP contribution is 2.29. The van der Waals surface area contributed by atoms with Crippen molar-refractivity contribution in [3.8, 4) is 0 Å². The van der Waals surface area contributed by atoms with Crippen LogP contribution >= 0.6 is 0 Å². The summed E-state index contributed by atoms with van der Waals surface area (Å²) >= 11 is 0. The lowest BCUT2D eigenvalue weighted by Crippen LogP contribution is -2.52. The van der Waals surface area contributed by atoms with Crippen molar-refractivity contribution in [2.24, 2.45) is 0 Å². The van der Waals surface area contributed by atoms with Crippen molar-refractivity contribution in [2.75, 3.05) is 52.4 Å². The van der Waals surface area contributed by atoms with Crippen LogP contribution in [0.1, 0.15) is 39.6 Å². The van der Waals surface area contributed by atoms with E-state index in [1.165, 1.54) is 7.11 Å². The van der Waals surface area contributed by atoms with Crippen molar-refractivity contribution >= 4 is 17.4 Å². The zero-order valence-electron chi connectivity index (χ0n) is 18.9. The second-order valence-corrected chi connectivity index (χ2v) is 8.12. The van der Waals surface area contributed by atoms with E-state index in [0.29, 0.717) is 24.0 Å². The fourth-order valence-electron chi connectivity index (χ4n) is 4.17. The molecular weight excluding hydrogens is 392 g/mol. The van der Waals surface area contributed by atoms with Crippen LogP contribution in [0.2, 0.25) is 0 Å². The molecule has 0 aromatic heterocycles. The number of ketones is 1. The van der Waals surface area contributed by atoms with Crippen molar-refractivity contribution in [3.63, 3.8) is 0 Å². The van der Waals surface area contributed by atoms with Gasteiger partial charge in [-0.15, -0.1) is 0 Å². The molecule has 0 amide bonds. The number of hydrogen-bond acceptors (Lipinski definition) is 6. The number of morpholine rings is 1. The number of carbonyl (C=O) groups is 2. The Balaban J connectivity index is 1.83. The molecule has 2 aromatic rings. The van der Waals surface area contributed by atoms with E-state index < -0.39 is 5.54 Å². The maximum absolute atomic E-state index is 13.7. The molecule has 6 nitrogen and oxygen atoms in total. The molecule has 1 aliphatic rings. The highest BCUT2D eigenvalue weighted by Gasteiger charge is 2.39. The van der Waals surface area contributed by atoms with Crippen molar-refractivity contribution < 1.29 is 19.1 Å². The topological polar surface area (TPSA) is 59.1 Å². The maximum atomic E-state index is 13.7. The lowest BCUT2D eigenvalue weighted by molar-refractivity contribution is 0.0599. The zero-order valence-corrected chi connectivity index (χ0v) is 18.9. The number of nitrogens with zero attached hydrogens (tertiary/aromatic N) is 2. The second kappa shape index (κ2) is 10.1. The van der Waals surface area contributed by atoms with Crippen LogP contribution in [0.4, 0.5) is 5.69 Å². The van der Waals surface area contributed by atoms with Gasteiger partial charge in [-0.05, 0) is 68.9 Å². The van der Waals surface area contributed by atoms with E-state index in [1.807, 2.05) is 62.3 Å². The van der Waals surface area contributed by atoms with Crippen LogP contribution in [0.25, 0.3) is 0 Å². The molecule has 0 radical (unpaired) electrons. The van der Waals surface area contributed by atoms with Gasteiger partial charge in [-0.3, -0.25) is 9.69 Å². The zero-order chi connectivity index (χ0) is 22.4. The lowest BCUT2D eigenvalue weighted by Gasteiger charge is -2.38. The molecule has 1 atom stereocenters. The Morgan fingerprint density at radius 1 is 1.00 bits per heavy atom. The largest absolute Gasteiger partial charge is 0.465 e. The number of likely N-dealkylation sites (N-methyl/N-ethyl adjacent to an activating group) is 1. The lowest BCUT2D eigenvalue weighted by atomic mass is 9.80. The Hall–Kier alpha value is -2.70. The van der Waals surface area contributed by atoms with Crippen LogP contribution in [0.5, 0.6) is 0 Å². The first-order chi connectivity index (χ1) is 14.9. The Kier molecular flexibility index (Phi) is 7.46. The Bertz CT molecular complexity index is 887. The number of methoxy groups -OCH3 is 1. The minimum absolute atomic E-state index is 0.102. The molecule has 3 rings (SSSR count). The van der Waals surface area contributed by atoms with Gasteiger partial charge in [0.05, 0.1) is 31.4 Å². The van der Waals surface area contributed by atoms with E-state index in [0.717, 1.165) is 37.6 Å². The highest BCUT2D eigenvalue weighted by molar-refractivity contribution is 6.03. The first kappa shape index (κ1) is 23.0. The second-order valence-electron chi connectivity index (χ2n) is 8.12. The van der Waals surface area contributed by atoms with Gasteiger partial charge >= 0.3 is 5.97 Å². The molecule has 31 heavy (non-hydrogen) atoms. The van der Waals surface area contributed by atoms with Crippen LogP contribution < -0.4 is 4.90 Å². The van der Waals surface area contributed by atoms with E-state index in [-0.39, 0.29) is 11.8 Å². The van der Waals surface area contributed by atoms with Gasteiger partial charge in [0.15, 0.2) is 5.78 Å². The fourth-order valence-corrected chi connectivity index (χ4v) is 4.17. The maximum Gasteiger partial charge on any atom is 0.337 e. The average molecular weight is 425 g/mol. The van der Waals surface area contributed by atoms with E-state index in [4.69, 9.17) is 9.47 Å². The Morgan fingerprint density at radius 3 is 2.10 bits per heavy atom. The normalized spacial score (nSPS) is 16.1. The third-order valence-corrected chi connectivity index (χ3v) is 6.24. The van der Waals surface area contributed by atoms with Crippen molar-refractivity contribution in [1.82, 2.24) is 4.90 Å². The summed E-state index contributed by atoms with van der Waals surface area (Å²) in [6.07, 6.45) is 1.23. The third kappa shape index (κ3) is 4.97. The van der Waals surface area contributed by atoms with Crippen molar-refractivity contribution in [3.05, 3.63) is 65.2 Å². The number of anilines is 1.